The number of rotatable bonds is 3. The zero-order valence-corrected chi connectivity index (χ0v) is 12.8. The third kappa shape index (κ3) is 2.59. The Kier molecular flexibility index (Phi) is 4.02. The SMILES string of the molecule is [CH2]CCn1nc(CC)c2c1CC1(CCOCC1)CNC2=O. The van der Waals surface area contributed by atoms with Crippen LogP contribution in [0.4, 0.5) is 0 Å². The molecule has 0 unspecified atom stereocenters. The van der Waals surface area contributed by atoms with Gasteiger partial charge < -0.3 is 10.1 Å². The predicted molar refractivity (Wildman–Crippen MR) is 80.1 cm³/mol. The molecule has 1 saturated heterocycles. The van der Waals surface area contributed by atoms with Crippen molar-refractivity contribution in [3.05, 3.63) is 23.9 Å². The van der Waals surface area contributed by atoms with Gasteiger partial charge in [-0.25, -0.2) is 0 Å². The van der Waals surface area contributed by atoms with Crippen molar-refractivity contribution in [1.82, 2.24) is 15.1 Å². The van der Waals surface area contributed by atoms with Gasteiger partial charge in [0.15, 0.2) is 0 Å². The van der Waals surface area contributed by atoms with Gasteiger partial charge in [0.05, 0.1) is 17.0 Å². The van der Waals surface area contributed by atoms with Gasteiger partial charge in [-0.05, 0) is 37.5 Å². The summed E-state index contributed by atoms with van der Waals surface area (Å²) in [5.74, 6) is 0.0422. The van der Waals surface area contributed by atoms with Crippen molar-refractivity contribution >= 4 is 5.91 Å². The van der Waals surface area contributed by atoms with Crippen molar-refractivity contribution in [2.75, 3.05) is 19.8 Å². The monoisotopic (exact) mass is 290 g/mol. The summed E-state index contributed by atoms with van der Waals surface area (Å²) < 4.78 is 7.53. The van der Waals surface area contributed by atoms with Gasteiger partial charge in [-0.15, -0.1) is 0 Å². The molecule has 0 atom stereocenters. The third-order valence-corrected chi connectivity index (χ3v) is 4.78. The molecule has 0 aromatic carbocycles. The van der Waals surface area contributed by atoms with E-state index in [0.29, 0.717) is 0 Å². The van der Waals surface area contributed by atoms with E-state index in [4.69, 9.17) is 4.74 Å². The molecule has 2 aliphatic rings. The standard InChI is InChI=1S/C16H24N3O2/c1-3-7-19-13-10-16(5-8-21-9-6-16)11-17-15(20)14(13)12(4-2)18-19/h1,3-11H2,2H3,(H,17,20). The molecule has 5 heteroatoms. The van der Waals surface area contributed by atoms with Crippen LogP contribution in [0.25, 0.3) is 0 Å². The summed E-state index contributed by atoms with van der Waals surface area (Å²) in [5, 5.41) is 7.78. The van der Waals surface area contributed by atoms with Crippen LogP contribution in [0.1, 0.15) is 47.9 Å². The quantitative estimate of drug-likeness (QED) is 0.922. The van der Waals surface area contributed by atoms with E-state index in [-0.39, 0.29) is 11.3 Å². The molecule has 2 aliphatic heterocycles. The number of hydrogen-bond donors (Lipinski definition) is 1. The zero-order valence-electron chi connectivity index (χ0n) is 12.8. The van der Waals surface area contributed by atoms with Gasteiger partial charge in [0.1, 0.15) is 0 Å². The van der Waals surface area contributed by atoms with Crippen molar-refractivity contribution in [1.29, 1.82) is 0 Å². The molecule has 1 fully saturated rings. The first kappa shape index (κ1) is 14.6. The Morgan fingerprint density at radius 2 is 2.19 bits per heavy atom. The predicted octanol–water partition coefficient (Wildman–Crippen LogP) is 1.75. The molecule has 1 aromatic rings. The van der Waals surface area contributed by atoms with E-state index in [1.54, 1.807) is 0 Å². The van der Waals surface area contributed by atoms with E-state index in [1.165, 1.54) is 0 Å². The van der Waals surface area contributed by atoms with Crippen LogP contribution in [-0.2, 0) is 24.1 Å². The molecule has 3 heterocycles. The summed E-state index contributed by atoms with van der Waals surface area (Å²) in [6, 6.07) is 0. The Bertz CT molecular complexity index is 530. The van der Waals surface area contributed by atoms with E-state index in [0.717, 1.165) is 75.4 Å². The van der Waals surface area contributed by atoms with Crippen LogP contribution in [0.15, 0.2) is 0 Å². The first-order chi connectivity index (χ1) is 10.2. The summed E-state index contributed by atoms with van der Waals surface area (Å²) in [6.45, 7) is 9.09. The number of ether oxygens (including phenoxy) is 1. The summed E-state index contributed by atoms with van der Waals surface area (Å²) in [6.07, 6.45) is 4.50. The highest BCUT2D eigenvalue weighted by molar-refractivity contribution is 5.97. The minimum absolute atomic E-state index is 0.0422. The average Bonchev–Trinajstić information content (AvgIpc) is 2.77. The molecule has 5 nitrogen and oxygen atoms in total. The number of nitrogens with zero attached hydrogens (tertiary/aromatic N) is 2. The number of carbonyl (C=O) groups excluding carboxylic acids is 1. The van der Waals surface area contributed by atoms with Crippen LogP contribution < -0.4 is 5.32 Å². The number of amides is 1. The van der Waals surface area contributed by atoms with Crippen LogP contribution in [-0.4, -0.2) is 35.4 Å². The van der Waals surface area contributed by atoms with Gasteiger partial charge in [-0.3, -0.25) is 9.48 Å². The normalized spacial score (nSPS) is 21.0. The maximum atomic E-state index is 12.5. The Morgan fingerprint density at radius 3 is 2.86 bits per heavy atom. The molecule has 0 saturated carbocycles. The van der Waals surface area contributed by atoms with Crippen LogP contribution in [0.2, 0.25) is 0 Å². The Labute approximate surface area is 126 Å². The lowest BCUT2D eigenvalue weighted by atomic mass is 9.76. The second-order valence-electron chi connectivity index (χ2n) is 6.17. The molecule has 1 amide bonds. The van der Waals surface area contributed by atoms with E-state index in [1.807, 2.05) is 4.68 Å². The van der Waals surface area contributed by atoms with Crippen molar-refractivity contribution in [3.63, 3.8) is 0 Å². The average molecular weight is 290 g/mol. The highest BCUT2D eigenvalue weighted by atomic mass is 16.5. The lowest BCUT2D eigenvalue weighted by Gasteiger charge is -2.36. The van der Waals surface area contributed by atoms with Gasteiger partial charge >= 0.3 is 0 Å². The first-order valence-corrected chi connectivity index (χ1v) is 7.93. The molecule has 0 aliphatic carbocycles. The fraction of sp³-hybridized carbons (Fsp3) is 0.688. The molecular weight excluding hydrogens is 266 g/mol. The van der Waals surface area contributed by atoms with Gasteiger partial charge in [-0.1, -0.05) is 13.8 Å². The number of aryl methyl sites for hydroxylation is 2. The molecule has 0 bridgehead atoms. The lowest BCUT2D eigenvalue weighted by Crippen LogP contribution is -2.40. The lowest BCUT2D eigenvalue weighted by molar-refractivity contribution is 0.0152. The van der Waals surface area contributed by atoms with Crippen LogP contribution >= 0.6 is 0 Å². The van der Waals surface area contributed by atoms with Crippen molar-refractivity contribution in [2.45, 2.75) is 45.6 Å². The minimum atomic E-state index is 0.0422. The Morgan fingerprint density at radius 1 is 1.43 bits per heavy atom. The summed E-state index contributed by atoms with van der Waals surface area (Å²) in [5.41, 5.74) is 2.96. The topological polar surface area (TPSA) is 56.1 Å². The van der Waals surface area contributed by atoms with E-state index in [2.05, 4.69) is 24.3 Å². The molecule has 1 radical (unpaired) electrons. The zero-order chi connectivity index (χ0) is 14.9. The van der Waals surface area contributed by atoms with Crippen molar-refractivity contribution in [3.8, 4) is 0 Å². The van der Waals surface area contributed by atoms with E-state index in [9.17, 15) is 4.79 Å². The highest BCUT2D eigenvalue weighted by Gasteiger charge is 2.39. The minimum Gasteiger partial charge on any atom is -0.381 e. The third-order valence-electron chi connectivity index (χ3n) is 4.78. The van der Waals surface area contributed by atoms with Crippen molar-refractivity contribution in [2.24, 2.45) is 5.41 Å². The molecule has 115 valence electrons. The van der Waals surface area contributed by atoms with Gasteiger partial charge in [0.2, 0.25) is 0 Å². The van der Waals surface area contributed by atoms with Gasteiger partial charge in [0.25, 0.3) is 5.91 Å². The Hall–Kier alpha value is -1.36. The summed E-state index contributed by atoms with van der Waals surface area (Å²) >= 11 is 0. The van der Waals surface area contributed by atoms with Crippen LogP contribution in [0.3, 0.4) is 0 Å². The molecular formula is C16H24N3O2. The summed E-state index contributed by atoms with van der Waals surface area (Å²) in [7, 11) is 0. The van der Waals surface area contributed by atoms with Crippen molar-refractivity contribution < 1.29 is 9.53 Å². The molecule has 21 heavy (non-hydrogen) atoms. The molecule has 1 aromatic heterocycles. The number of hydrogen-bond acceptors (Lipinski definition) is 3. The molecule has 1 N–H and O–H groups in total. The number of aromatic nitrogens is 2. The Balaban J connectivity index is 2.03. The first-order valence-electron chi connectivity index (χ1n) is 7.93. The number of fused-ring (bicyclic) bond motifs is 1. The molecule has 1 spiro atoms. The second kappa shape index (κ2) is 5.79. The molecule has 3 rings (SSSR count). The maximum Gasteiger partial charge on any atom is 0.255 e. The smallest absolute Gasteiger partial charge is 0.255 e. The van der Waals surface area contributed by atoms with Crippen LogP contribution in [0, 0.1) is 12.3 Å². The van der Waals surface area contributed by atoms with E-state index < -0.39 is 0 Å². The maximum absolute atomic E-state index is 12.5. The highest BCUT2D eigenvalue weighted by Crippen LogP contribution is 2.37. The number of nitrogens with one attached hydrogen (secondary N) is 1. The fourth-order valence-electron chi connectivity index (χ4n) is 3.51. The van der Waals surface area contributed by atoms with Gasteiger partial charge in [0, 0.05) is 26.3 Å². The summed E-state index contributed by atoms with van der Waals surface area (Å²) in [4.78, 5) is 12.5. The number of carbonyl (C=O) groups is 1. The second-order valence-corrected chi connectivity index (χ2v) is 6.17. The van der Waals surface area contributed by atoms with Gasteiger partial charge in [-0.2, -0.15) is 5.10 Å². The van der Waals surface area contributed by atoms with Crippen LogP contribution in [0.5, 0.6) is 0 Å². The largest absolute Gasteiger partial charge is 0.381 e. The fourth-order valence-corrected chi connectivity index (χ4v) is 3.51. The van der Waals surface area contributed by atoms with E-state index >= 15 is 0 Å².